The van der Waals surface area contributed by atoms with E-state index in [4.69, 9.17) is 0 Å². The first-order chi connectivity index (χ1) is 14.4. The zero-order chi connectivity index (χ0) is 21.0. The third-order valence-corrected chi connectivity index (χ3v) is 6.35. The second-order valence-corrected chi connectivity index (χ2v) is 7.98. The van der Waals surface area contributed by atoms with Gasteiger partial charge in [-0.2, -0.15) is 5.10 Å². The van der Waals surface area contributed by atoms with E-state index >= 15 is 0 Å². The molecule has 0 spiro atoms. The number of fused-ring (bicyclic) bond motifs is 4. The van der Waals surface area contributed by atoms with Gasteiger partial charge in [-0.1, -0.05) is 0 Å². The van der Waals surface area contributed by atoms with E-state index in [1.165, 1.54) is 0 Å². The minimum Gasteiger partial charge on any atom is -0.481 e. The largest absolute Gasteiger partial charge is 0.481 e. The molecular weight excluding hydrogens is 399 g/mol. The molecule has 3 fully saturated rings. The van der Waals surface area contributed by atoms with Gasteiger partial charge in [0.25, 0.3) is 0 Å². The Morgan fingerprint density at radius 2 is 1.83 bits per heavy atom. The smallest absolute Gasteiger partial charge is 0.308 e. The van der Waals surface area contributed by atoms with Crippen molar-refractivity contribution in [1.82, 2.24) is 20.2 Å². The topological polar surface area (TPSA) is 104 Å². The van der Waals surface area contributed by atoms with Crippen LogP contribution in [0.5, 0.6) is 0 Å². The summed E-state index contributed by atoms with van der Waals surface area (Å²) in [6, 6.07) is 1.33. The van der Waals surface area contributed by atoms with Gasteiger partial charge < -0.3 is 10.4 Å². The van der Waals surface area contributed by atoms with Gasteiger partial charge in [0, 0.05) is 12.1 Å². The summed E-state index contributed by atoms with van der Waals surface area (Å²) in [4.78, 5) is 19.8. The number of carboxylic acid groups (broad SMARTS) is 1. The van der Waals surface area contributed by atoms with Crippen LogP contribution in [0.15, 0.2) is 18.3 Å². The van der Waals surface area contributed by atoms with Crippen molar-refractivity contribution in [2.24, 2.45) is 17.8 Å². The number of aromatic nitrogens is 4. The minimum absolute atomic E-state index is 0.0265. The number of aromatic amines is 1. The minimum atomic E-state index is -0.951. The fraction of sp³-hybridized carbons (Fsp3) is 0.400. The SMILES string of the molecule is O=C(O)C1C2CCC(CC2)C1Nc1nc(-c2[nH]nc3ncc(F)cc23)c(F)cc1F. The maximum Gasteiger partial charge on any atom is 0.308 e. The summed E-state index contributed by atoms with van der Waals surface area (Å²) in [5.41, 5.74) is -0.0129. The highest BCUT2D eigenvalue weighted by Crippen LogP contribution is 2.46. The first-order valence-electron chi connectivity index (χ1n) is 9.77. The van der Waals surface area contributed by atoms with E-state index in [1.54, 1.807) is 0 Å². The number of rotatable bonds is 4. The van der Waals surface area contributed by atoms with E-state index in [2.05, 4.69) is 25.5 Å². The van der Waals surface area contributed by atoms with Crippen LogP contribution in [0, 0.1) is 35.2 Å². The molecule has 3 heterocycles. The first-order valence-corrected chi connectivity index (χ1v) is 9.77. The lowest BCUT2D eigenvalue weighted by Crippen LogP contribution is -2.51. The number of carbonyl (C=O) groups is 1. The maximum atomic E-state index is 14.6. The van der Waals surface area contributed by atoms with Crippen molar-refractivity contribution >= 4 is 22.8 Å². The number of hydrogen-bond donors (Lipinski definition) is 3. The fourth-order valence-corrected chi connectivity index (χ4v) is 4.97. The number of H-pyrrole nitrogens is 1. The highest BCUT2D eigenvalue weighted by molar-refractivity contribution is 5.90. The van der Waals surface area contributed by atoms with Crippen LogP contribution in [0.25, 0.3) is 22.4 Å². The van der Waals surface area contributed by atoms with Crippen molar-refractivity contribution in [1.29, 1.82) is 0 Å². The van der Waals surface area contributed by atoms with Crippen LogP contribution in [0.3, 0.4) is 0 Å². The summed E-state index contributed by atoms with van der Waals surface area (Å²) < 4.78 is 42.8. The quantitative estimate of drug-likeness (QED) is 0.598. The Balaban J connectivity index is 1.55. The lowest BCUT2D eigenvalue weighted by atomic mass is 9.61. The molecule has 3 aliphatic carbocycles. The van der Waals surface area contributed by atoms with Crippen LogP contribution in [-0.2, 0) is 4.79 Å². The predicted octanol–water partition coefficient (Wildman–Crippen LogP) is 3.74. The average Bonchev–Trinajstić information content (AvgIpc) is 3.13. The Kier molecular flexibility index (Phi) is 4.37. The molecular formula is C20H18F3N5O2. The summed E-state index contributed by atoms with van der Waals surface area (Å²) in [7, 11) is 0. The summed E-state index contributed by atoms with van der Waals surface area (Å²) >= 11 is 0. The average molecular weight is 417 g/mol. The molecule has 2 bridgehead atoms. The van der Waals surface area contributed by atoms with Crippen molar-refractivity contribution in [3.63, 3.8) is 0 Å². The molecule has 3 saturated carbocycles. The van der Waals surface area contributed by atoms with Crippen LogP contribution in [0.4, 0.5) is 19.0 Å². The molecule has 3 aromatic rings. The van der Waals surface area contributed by atoms with E-state index in [0.29, 0.717) is 6.07 Å². The molecule has 3 aliphatic rings. The zero-order valence-corrected chi connectivity index (χ0v) is 15.7. The maximum absolute atomic E-state index is 14.6. The summed E-state index contributed by atoms with van der Waals surface area (Å²) in [5, 5.41) is 19.3. The van der Waals surface area contributed by atoms with Crippen LogP contribution < -0.4 is 5.32 Å². The van der Waals surface area contributed by atoms with Crippen molar-refractivity contribution < 1.29 is 23.1 Å². The van der Waals surface area contributed by atoms with Crippen LogP contribution in [-0.4, -0.2) is 37.3 Å². The standard InChI is InChI=1S/C20H18F3N5O2/c21-10-5-11-16(27-28-18(11)24-7-10)17-12(22)6-13(23)19(26-17)25-15-9-3-1-8(2-4-9)14(15)20(29)30/h5-9,14-15H,1-4H2,(H,25,26)(H,29,30)(H,24,27,28). The molecule has 0 saturated heterocycles. The molecule has 0 aliphatic heterocycles. The van der Waals surface area contributed by atoms with Gasteiger partial charge in [0.1, 0.15) is 11.5 Å². The first kappa shape index (κ1) is 18.8. The number of anilines is 1. The lowest BCUT2D eigenvalue weighted by Gasteiger charge is -2.47. The number of pyridine rings is 2. The number of carboxylic acids is 1. The van der Waals surface area contributed by atoms with Gasteiger partial charge in [0.05, 0.1) is 23.2 Å². The zero-order valence-electron chi connectivity index (χ0n) is 15.7. The van der Waals surface area contributed by atoms with Gasteiger partial charge in [0.15, 0.2) is 23.1 Å². The van der Waals surface area contributed by atoms with Crippen molar-refractivity contribution in [3.05, 3.63) is 35.8 Å². The Bertz CT molecular complexity index is 1140. The molecule has 0 aromatic carbocycles. The molecule has 7 nitrogen and oxygen atoms in total. The Labute approximate surface area is 168 Å². The molecule has 30 heavy (non-hydrogen) atoms. The molecule has 3 aromatic heterocycles. The van der Waals surface area contributed by atoms with Crippen molar-refractivity contribution in [2.45, 2.75) is 31.7 Å². The van der Waals surface area contributed by atoms with Crippen molar-refractivity contribution in [2.75, 3.05) is 5.32 Å². The normalized spacial score (nSPS) is 25.6. The van der Waals surface area contributed by atoms with E-state index in [-0.39, 0.29) is 40.1 Å². The van der Waals surface area contributed by atoms with E-state index in [0.717, 1.165) is 37.9 Å². The number of nitrogens with one attached hydrogen (secondary N) is 2. The number of hydrogen-bond acceptors (Lipinski definition) is 5. The Hall–Kier alpha value is -3.17. The number of halogens is 3. The Morgan fingerprint density at radius 1 is 1.10 bits per heavy atom. The van der Waals surface area contributed by atoms with Gasteiger partial charge in [0.2, 0.25) is 0 Å². The second-order valence-electron chi connectivity index (χ2n) is 7.98. The van der Waals surface area contributed by atoms with Gasteiger partial charge >= 0.3 is 5.97 Å². The third-order valence-electron chi connectivity index (χ3n) is 6.35. The highest BCUT2D eigenvalue weighted by atomic mass is 19.1. The van der Waals surface area contributed by atoms with Crippen molar-refractivity contribution in [3.8, 4) is 11.4 Å². The molecule has 0 radical (unpaired) electrons. The highest BCUT2D eigenvalue weighted by Gasteiger charge is 2.47. The number of nitrogens with zero attached hydrogens (tertiary/aromatic N) is 3. The molecule has 6 rings (SSSR count). The van der Waals surface area contributed by atoms with Gasteiger partial charge in [-0.05, 0) is 43.6 Å². The monoisotopic (exact) mass is 417 g/mol. The molecule has 156 valence electrons. The molecule has 2 atom stereocenters. The van der Waals surface area contributed by atoms with E-state index in [9.17, 15) is 23.1 Å². The summed E-state index contributed by atoms with van der Waals surface area (Å²) in [6.45, 7) is 0. The van der Waals surface area contributed by atoms with Gasteiger partial charge in [-0.15, -0.1) is 0 Å². The third kappa shape index (κ3) is 2.98. The molecule has 10 heteroatoms. The molecule has 3 N–H and O–H groups in total. The van der Waals surface area contributed by atoms with E-state index < -0.39 is 35.4 Å². The molecule has 2 unspecified atom stereocenters. The van der Waals surface area contributed by atoms with Gasteiger partial charge in [-0.3, -0.25) is 9.89 Å². The fourth-order valence-electron chi connectivity index (χ4n) is 4.97. The predicted molar refractivity (Wildman–Crippen MR) is 101 cm³/mol. The summed E-state index contributed by atoms with van der Waals surface area (Å²) in [6.07, 6.45) is 4.38. The van der Waals surface area contributed by atoms with Crippen LogP contribution in [0.1, 0.15) is 25.7 Å². The molecule has 0 amide bonds. The van der Waals surface area contributed by atoms with Crippen LogP contribution in [0.2, 0.25) is 0 Å². The number of aliphatic carboxylic acids is 1. The Morgan fingerprint density at radius 3 is 2.57 bits per heavy atom. The summed E-state index contributed by atoms with van der Waals surface area (Å²) in [5.74, 6) is -4.21. The lowest BCUT2D eigenvalue weighted by molar-refractivity contribution is -0.148. The van der Waals surface area contributed by atoms with Gasteiger partial charge in [-0.25, -0.2) is 23.1 Å². The second kappa shape index (κ2) is 6.96. The van der Waals surface area contributed by atoms with Crippen LogP contribution >= 0.6 is 0 Å². The van der Waals surface area contributed by atoms with E-state index in [1.807, 2.05) is 0 Å².